The van der Waals surface area contributed by atoms with Gasteiger partial charge < -0.3 is 15.0 Å². The number of rotatable bonds is 7. The Balaban J connectivity index is 2.03. The zero-order valence-electron chi connectivity index (χ0n) is 16.1. The summed E-state index contributed by atoms with van der Waals surface area (Å²) in [5.74, 6) is 0.612. The van der Waals surface area contributed by atoms with Crippen molar-refractivity contribution in [2.24, 2.45) is 0 Å². The van der Waals surface area contributed by atoms with E-state index in [4.69, 9.17) is 4.74 Å². The minimum Gasteiger partial charge on any atom is -0.495 e. The molecule has 27 heavy (non-hydrogen) atoms. The quantitative estimate of drug-likeness (QED) is 0.675. The lowest BCUT2D eigenvalue weighted by molar-refractivity contribution is 0.412. The van der Waals surface area contributed by atoms with Crippen molar-refractivity contribution in [1.82, 2.24) is 8.87 Å². The van der Waals surface area contributed by atoms with Gasteiger partial charge in [0.2, 0.25) is 0 Å². The van der Waals surface area contributed by atoms with Crippen LogP contribution in [0.3, 0.4) is 0 Å². The number of fused-ring (bicyclic) bond motifs is 1. The topological polar surface area (TPSA) is 63.6 Å². The number of para-hydroxylation sites is 1. The Hall–Kier alpha value is -2.51. The Bertz CT molecular complexity index is 1060. The number of hydrogen-bond donors (Lipinski definition) is 1. The lowest BCUT2D eigenvalue weighted by atomic mass is 10.2. The number of benzene rings is 2. The zero-order chi connectivity index (χ0) is 19.6. The molecule has 6 nitrogen and oxygen atoms in total. The van der Waals surface area contributed by atoms with E-state index in [9.17, 15) is 8.42 Å². The lowest BCUT2D eigenvalue weighted by Crippen LogP contribution is -2.21. The number of likely N-dealkylation sites (N-methyl/N-ethyl adjacent to an activating group) is 1. The van der Waals surface area contributed by atoms with E-state index in [0.717, 1.165) is 17.5 Å². The van der Waals surface area contributed by atoms with Gasteiger partial charge in [0.25, 0.3) is 10.0 Å². The minimum atomic E-state index is -3.72. The van der Waals surface area contributed by atoms with Crippen LogP contribution in [0.4, 0.5) is 5.69 Å². The van der Waals surface area contributed by atoms with Crippen LogP contribution in [0.5, 0.6) is 5.75 Å². The van der Waals surface area contributed by atoms with Crippen molar-refractivity contribution in [2.75, 3.05) is 39.6 Å². The summed E-state index contributed by atoms with van der Waals surface area (Å²) in [5, 5.41) is 4.19. The van der Waals surface area contributed by atoms with E-state index in [-0.39, 0.29) is 4.90 Å². The van der Waals surface area contributed by atoms with E-state index < -0.39 is 10.0 Å². The van der Waals surface area contributed by atoms with Gasteiger partial charge in [-0.1, -0.05) is 18.2 Å². The van der Waals surface area contributed by atoms with Crippen LogP contribution in [0.2, 0.25) is 0 Å². The summed E-state index contributed by atoms with van der Waals surface area (Å²) in [6.45, 7) is 3.41. The molecule has 0 atom stereocenters. The van der Waals surface area contributed by atoms with Crippen molar-refractivity contribution in [1.29, 1.82) is 0 Å². The van der Waals surface area contributed by atoms with Crippen LogP contribution in [0.15, 0.2) is 53.6 Å². The molecule has 144 valence electrons. The fourth-order valence-electron chi connectivity index (χ4n) is 3.03. The molecule has 0 fully saturated rings. The number of ether oxygens (including phenoxy) is 1. The van der Waals surface area contributed by atoms with E-state index >= 15 is 0 Å². The van der Waals surface area contributed by atoms with Gasteiger partial charge in [-0.05, 0) is 50.8 Å². The molecule has 0 spiro atoms. The molecule has 0 aliphatic heterocycles. The highest BCUT2D eigenvalue weighted by molar-refractivity contribution is 7.90. The lowest BCUT2D eigenvalue weighted by Gasteiger charge is -2.15. The predicted octanol–water partition coefficient (Wildman–Crippen LogP) is 3.17. The molecule has 1 N–H and O–H groups in total. The number of nitrogens with zero attached hydrogens (tertiary/aromatic N) is 2. The minimum absolute atomic E-state index is 0.219. The van der Waals surface area contributed by atoms with Crippen LogP contribution in [0, 0.1) is 6.92 Å². The van der Waals surface area contributed by atoms with Gasteiger partial charge in [-0.3, -0.25) is 0 Å². The van der Waals surface area contributed by atoms with E-state index in [1.165, 1.54) is 3.97 Å². The van der Waals surface area contributed by atoms with Gasteiger partial charge in [0.05, 0.1) is 23.2 Å². The van der Waals surface area contributed by atoms with Crippen LogP contribution >= 0.6 is 0 Å². The number of aromatic nitrogens is 1. The Morgan fingerprint density at radius 1 is 1.15 bits per heavy atom. The van der Waals surface area contributed by atoms with Gasteiger partial charge >= 0.3 is 0 Å². The van der Waals surface area contributed by atoms with Crippen LogP contribution < -0.4 is 10.1 Å². The zero-order valence-corrected chi connectivity index (χ0v) is 16.9. The molecule has 0 radical (unpaired) electrons. The van der Waals surface area contributed by atoms with Crippen LogP contribution in [-0.2, 0) is 10.0 Å². The summed E-state index contributed by atoms with van der Waals surface area (Å²) < 4.78 is 33.3. The molecule has 2 aromatic carbocycles. The smallest absolute Gasteiger partial charge is 0.268 e. The Labute approximate surface area is 160 Å². The van der Waals surface area contributed by atoms with Gasteiger partial charge in [-0.15, -0.1) is 0 Å². The average molecular weight is 388 g/mol. The molecule has 0 aliphatic carbocycles. The number of methoxy groups -OCH3 is 1. The molecule has 0 saturated heterocycles. The van der Waals surface area contributed by atoms with Gasteiger partial charge in [-0.25, -0.2) is 12.4 Å². The van der Waals surface area contributed by atoms with Crippen LogP contribution in [0.1, 0.15) is 5.56 Å². The molecule has 3 rings (SSSR count). The van der Waals surface area contributed by atoms with Crippen LogP contribution in [0.25, 0.3) is 10.9 Å². The molecule has 0 bridgehead atoms. The molecule has 0 unspecified atom stereocenters. The first kappa shape index (κ1) is 19.3. The highest BCUT2D eigenvalue weighted by atomic mass is 32.2. The maximum atomic E-state index is 13.3. The van der Waals surface area contributed by atoms with Gasteiger partial charge in [0.1, 0.15) is 5.75 Å². The number of aryl methyl sites for hydroxylation is 1. The van der Waals surface area contributed by atoms with Crippen molar-refractivity contribution in [2.45, 2.75) is 11.8 Å². The molecular formula is C20H25N3O3S. The maximum Gasteiger partial charge on any atom is 0.268 e. The fraction of sp³-hybridized carbons (Fsp3) is 0.300. The molecule has 1 heterocycles. The SMILES string of the molecule is COc1ccc(S(=O)(=O)n2cc(C)c3ccccc32)cc1NCCN(C)C. The molecule has 0 saturated carbocycles. The second-order valence-corrected chi connectivity index (χ2v) is 8.54. The molecule has 0 amide bonds. The maximum absolute atomic E-state index is 13.3. The van der Waals surface area contributed by atoms with Crippen molar-refractivity contribution >= 4 is 26.6 Å². The second kappa shape index (κ2) is 7.62. The standard InChI is InChI=1S/C20H25N3O3S/c1-15-14-23(19-8-6-5-7-17(15)19)27(24,25)16-9-10-20(26-4)18(13-16)21-11-12-22(2)3/h5-10,13-14,21H,11-12H2,1-4H3. The average Bonchev–Trinajstić information content (AvgIpc) is 2.99. The molecule has 0 aliphatic rings. The second-order valence-electron chi connectivity index (χ2n) is 6.72. The third-order valence-electron chi connectivity index (χ3n) is 4.48. The van der Waals surface area contributed by atoms with Crippen molar-refractivity contribution in [3.05, 3.63) is 54.2 Å². The van der Waals surface area contributed by atoms with E-state index in [0.29, 0.717) is 23.5 Å². The highest BCUT2D eigenvalue weighted by Crippen LogP contribution is 2.30. The summed E-state index contributed by atoms with van der Waals surface area (Å²) in [4.78, 5) is 2.27. The van der Waals surface area contributed by atoms with Gasteiger partial charge in [0.15, 0.2) is 0 Å². The Morgan fingerprint density at radius 2 is 1.89 bits per heavy atom. The van der Waals surface area contributed by atoms with E-state index in [1.54, 1.807) is 31.5 Å². The first-order valence-electron chi connectivity index (χ1n) is 8.73. The summed E-state index contributed by atoms with van der Waals surface area (Å²) in [5.41, 5.74) is 2.26. The summed E-state index contributed by atoms with van der Waals surface area (Å²) in [6.07, 6.45) is 1.67. The molecule has 3 aromatic rings. The Kier molecular flexibility index (Phi) is 5.43. The monoisotopic (exact) mass is 387 g/mol. The Morgan fingerprint density at radius 3 is 2.59 bits per heavy atom. The van der Waals surface area contributed by atoms with Gasteiger partial charge in [0, 0.05) is 24.7 Å². The summed E-state index contributed by atoms with van der Waals surface area (Å²) in [6, 6.07) is 12.4. The van der Waals surface area contributed by atoms with Gasteiger partial charge in [-0.2, -0.15) is 0 Å². The van der Waals surface area contributed by atoms with E-state index in [1.807, 2.05) is 45.3 Å². The van der Waals surface area contributed by atoms with E-state index in [2.05, 4.69) is 10.2 Å². The number of nitrogens with one attached hydrogen (secondary N) is 1. The van der Waals surface area contributed by atoms with Crippen molar-refractivity contribution in [3.63, 3.8) is 0 Å². The predicted molar refractivity (Wildman–Crippen MR) is 109 cm³/mol. The summed E-state index contributed by atoms with van der Waals surface area (Å²) >= 11 is 0. The molecule has 1 aromatic heterocycles. The number of hydrogen-bond acceptors (Lipinski definition) is 5. The van der Waals surface area contributed by atoms with Crippen molar-refractivity contribution < 1.29 is 13.2 Å². The first-order valence-corrected chi connectivity index (χ1v) is 10.2. The number of anilines is 1. The van der Waals surface area contributed by atoms with Crippen LogP contribution in [-0.4, -0.2) is 51.6 Å². The molecule has 7 heteroatoms. The first-order chi connectivity index (χ1) is 12.8. The van der Waals surface area contributed by atoms with Crippen molar-refractivity contribution in [3.8, 4) is 5.75 Å². The third kappa shape index (κ3) is 3.79. The fourth-order valence-corrected chi connectivity index (χ4v) is 4.48. The molecular weight excluding hydrogens is 362 g/mol. The third-order valence-corrected chi connectivity index (χ3v) is 6.15. The highest BCUT2D eigenvalue weighted by Gasteiger charge is 2.21. The normalized spacial score (nSPS) is 11.9. The largest absolute Gasteiger partial charge is 0.495 e. The summed E-state index contributed by atoms with van der Waals surface area (Å²) in [7, 11) is 1.82.